The van der Waals surface area contributed by atoms with Crippen LogP contribution in [0.1, 0.15) is 40.9 Å². The number of benzene rings is 3. The number of piperazine rings is 1. The molecule has 6 heteroatoms. The third-order valence-electron chi connectivity index (χ3n) is 6.74. The van der Waals surface area contributed by atoms with E-state index >= 15 is 0 Å². The van der Waals surface area contributed by atoms with Crippen molar-refractivity contribution in [1.82, 2.24) is 15.2 Å². The maximum atomic E-state index is 12.5. The van der Waals surface area contributed by atoms with E-state index in [1.165, 1.54) is 16.8 Å². The Labute approximate surface area is 215 Å². The first-order valence-corrected chi connectivity index (χ1v) is 12.9. The van der Waals surface area contributed by atoms with Crippen molar-refractivity contribution in [2.45, 2.75) is 26.9 Å². The van der Waals surface area contributed by atoms with Crippen LogP contribution in [-0.4, -0.2) is 61.2 Å². The molecule has 188 valence electrons. The molecule has 0 spiro atoms. The molecule has 1 N–H and O–H groups in total. The second-order valence-electron chi connectivity index (χ2n) is 9.20. The highest BCUT2D eigenvalue weighted by molar-refractivity contribution is 5.94. The van der Waals surface area contributed by atoms with Crippen LogP contribution in [0.4, 0.5) is 5.69 Å². The first kappa shape index (κ1) is 25.6. The Kier molecular flexibility index (Phi) is 9.25. The molecule has 1 fully saturated rings. The summed E-state index contributed by atoms with van der Waals surface area (Å²) >= 11 is 0. The second kappa shape index (κ2) is 13.0. The molecular weight excluding hydrogens is 446 g/mol. The molecule has 0 radical (unpaired) electrons. The van der Waals surface area contributed by atoms with Crippen LogP contribution in [0.5, 0.6) is 0 Å². The van der Waals surface area contributed by atoms with Crippen LogP contribution in [-0.2, 0) is 13.1 Å². The minimum atomic E-state index is -0.202. The molecular formula is C30H37N5O. The summed E-state index contributed by atoms with van der Waals surface area (Å²) in [6.45, 7) is 12.4. The van der Waals surface area contributed by atoms with E-state index in [1.54, 1.807) is 6.21 Å². The van der Waals surface area contributed by atoms with E-state index in [-0.39, 0.29) is 5.91 Å². The number of carbonyl (C=O) groups excluding carboxylic acids is 1. The smallest absolute Gasteiger partial charge is 0.271 e. The van der Waals surface area contributed by atoms with Gasteiger partial charge in [-0.1, -0.05) is 54.6 Å². The molecule has 4 rings (SSSR count). The van der Waals surface area contributed by atoms with Crippen LogP contribution in [0, 0.1) is 0 Å². The zero-order chi connectivity index (χ0) is 25.2. The molecule has 3 aromatic carbocycles. The van der Waals surface area contributed by atoms with Crippen molar-refractivity contribution in [2.75, 3.05) is 44.2 Å². The van der Waals surface area contributed by atoms with Crippen molar-refractivity contribution < 1.29 is 4.79 Å². The molecule has 1 amide bonds. The monoisotopic (exact) mass is 483 g/mol. The zero-order valence-corrected chi connectivity index (χ0v) is 21.4. The number of carbonyl (C=O) groups is 1. The summed E-state index contributed by atoms with van der Waals surface area (Å²) in [5.74, 6) is -0.202. The highest BCUT2D eigenvalue weighted by atomic mass is 16.2. The zero-order valence-electron chi connectivity index (χ0n) is 21.4. The summed E-state index contributed by atoms with van der Waals surface area (Å²) in [5, 5.41) is 4.13. The molecule has 3 aromatic rings. The number of nitrogens with one attached hydrogen (secondary N) is 1. The third-order valence-corrected chi connectivity index (χ3v) is 6.74. The fourth-order valence-electron chi connectivity index (χ4n) is 4.56. The first-order valence-electron chi connectivity index (χ1n) is 12.9. The number of anilines is 1. The molecule has 36 heavy (non-hydrogen) atoms. The van der Waals surface area contributed by atoms with Crippen molar-refractivity contribution in [3.63, 3.8) is 0 Å². The Morgan fingerprint density at radius 3 is 1.92 bits per heavy atom. The average molecular weight is 484 g/mol. The van der Waals surface area contributed by atoms with Crippen molar-refractivity contribution in [3.8, 4) is 0 Å². The Morgan fingerprint density at radius 1 is 0.806 bits per heavy atom. The quantitative estimate of drug-likeness (QED) is 0.338. The van der Waals surface area contributed by atoms with E-state index in [0.29, 0.717) is 5.56 Å². The molecule has 0 aromatic heterocycles. The van der Waals surface area contributed by atoms with E-state index < -0.39 is 0 Å². The highest BCUT2D eigenvalue weighted by Gasteiger charge is 2.17. The Hall–Kier alpha value is -3.48. The molecule has 0 aliphatic carbocycles. The summed E-state index contributed by atoms with van der Waals surface area (Å²) < 4.78 is 0. The standard InChI is InChI=1S/C30H37N5O/c1-3-35(4-2)29-16-12-25(13-17-29)22-31-32-30(36)28-14-10-27(11-15-28)24-34-20-18-33(19-21-34)23-26-8-6-5-7-9-26/h5-17,22H,3-4,18-21,23-24H2,1-2H3,(H,32,36)/b31-22-. The lowest BCUT2D eigenvalue weighted by Crippen LogP contribution is -2.45. The minimum absolute atomic E-state index is 0.202. The minimum Gasteiger partial charge on any atom is -0.372 e. The summed E-state index contributed by atoms with van der Waals surface area (Å²) in [5.41, 5.74) is 7.98. The Bertz CT molecular complexity index is 1100. The summed E-state index contributed by atoms with van der Waals surface area (Å²) in [6, 6.07) is 26.7. The van der Waals surface area contributed by atoms with Crippen LogP contribution >= 0.6 is 0 Å². The largest absolute Gasteiger partial charge is 0.372 e. The van der Waals surface area contributed by atoms with Gasteiger partial charge in [0.15, 0.2) is 0 Å². The van der Waals surface area contributed by atoms with Gasteiger partial charge in [0.1, 0.15) is 0 Å². The van der Waals surface area contributed by atoms with Gasteiger partial charge >= 0.3 is 0 Å². The number of hydrogen-bond donors (Lipinski definition) is 1. The first-order chi connectivity index (χ1) is 17.6. The summed E-state index contributed by atoms with van der Waals surface area (Å²) in [7, 11) is 0. The molecule has 0 unspecified atom stereocenters. The maximum absolute atomic E-state index is 12.5. The van der Waals surface area contributed by atoms with E-state index in [4.69, 9.17) is 0 Å². The Balaban J connectivity index is 1.21. The van der Waals surface area contributed by atoms with Crippen molar-refractivity contribution >= 4 is 17.8 Å². The van der Waals surface area contributed by atoms with Gasteiger partial charge in [0.2, 0.25) is 0 Å². The van der Waals surface area contributed by atoms with Crippen LogP contribution in [0.15, 0.2) is 84.0 Å². The summed E-state index contributed by atoms with van der Waals surface area (Å²) in [4.78, 5) is 19.8. The second-order valence-corrected chi connectivity index (χ2v) is 9.20. The van der Waals surface area contributed by atoms with Crippen LogP contribution in [0.2, 0.25) is 0 Å². The number of hydrogen-bond acceptors (Lipinski definition) is 5. The molecule has 1 aliphatic rings. The van der Waals surface area contributed by atoms with Crippen LogP contribution in [0.3, 0.4) is 0 Å². The van der Waals surface area contributed by atoms with Crippen molar-refractivity contribution in [2.24, 2.45) is 5.10 Å². The van der Waals surface area contributed by atoms with Crippen LogP contribution < -0.4 is 10.3 Å². The highest BCUT2D eigenvalue weighted by Crippen LogP contribution is 2.15. The molecule has 0 saturated carbocycles. The van der Waals surface area contributed by atoms with Crippen LogP contribution in [0.25, 0.3) is 0 Å². The van der Waals surface area contributed by atoms with E-state index in [9.17, 15) is 4.79 Å². The van der Waals surface area contributed by atoms with Gasteiger partial charge in [-0.3, -0.25) is 14.6 Å². The fourth-order valence-corrected chi connectivity index (χ4v) is 4.56. The van der Waals surface area contributed by atoms with Gasteiger partial charge in [0, 0.05) is 63.6 Å². The van der Waals surface area contributed by atoms with Crippen molar-refractivity contribution in [3.05, 3.63) is 101 Å². The lowest BCUT2D eigenvalue weighted by Gasteiger charge is -2.34. The van der Waals surface area contributed by atoms with Gasteiger partial charge in [0.25, 0.3) is 5.91 Å². The molecule has 0 bridgehead atoms. The topological polar surface area (TPSA) is 51.2 Å². The lowest BCUT2D eigenvalue weighted by molar-refractivity contribution is 0.0955. The average Bonchev–Trinajstić information content (AvgIpc) is 2.92. The number of amides is 1. The molecule has 1 heterocycles. The number of hydrazone groups is 1. The number of nitrogens with zero attached hydrogens (tertiary/aromatic N) is 4. The third kappa shape index (κ3) is 7.26. The number of rotatable bonds is 10. The van der Waals surface area contributed by atoms with Crippen molar-refractivity contribution in [1.29, 1.82) is 0 Å². The summed E-state index contributed by atoms with van der Waals surface area (Å²) in [6.07, 6.45) is 1.68. The van der Waals surface area contributed by atoms with E-state index in [2.05, 4.69) is 81.5 Å². The Morgan fingerprint density at radius 2 is 1.36 bits per heavy atom. The lowest BCUT2D eigenvalue weighted by atomic mass is 10.1. The van der Waals surface area contributed by atoms with Gasteiger partial charge in [-0.25, -0.2) is 5.43 Å². The van der Waals surface area contributed by atoms with Gasteiger partial charge in [-0.2, -0.15) is 5.10 Å². The molecule has 6 nitrogen and oxygen atoms in total. The van der Waals surface area contributed by atoms with Gasteiger partial charge < -0.3 is 4.90 Å². The normalized spacial score (nSPS) is 14.7. The van der Waals surface area contributed by atoms with E-state index in [0.717, 1.165) is 57.9 Å². The maximum Gasteiger partial charge on any atom is 0.271 e. The SMILES string of the molecule is CCN(CC)c1ccc(/C=N\NC(=O)c2ccc(CN3CCN(Cc4ccccc4)CC3)cc2)cc1. The fraction of sp³-hybridized carbons (Fsp3) is 0.333. The predicted octanol–water partition coefficient (Wildman–Crippen LogP) is 4.61. The predicted molar refractivity (Wildman–Crippen MR) is 149 cm³/mol. The molecule has 0 atom stereocenters. The van der Waals surface area contributed by atoms with E-state index in [1.807, 2.05) is 36.4 Å². The molecule has 1 aliphatic heterocycles. The van der Waals surface area contributed by atoms with Gasteiger partial charge in [-0.15, -0.1) is 0 Å². The van der Waals surface area contributed by atoms with Gasteiger partial charge in [-0.05, 0) is 54.8 Å². The molecule has 1 saturated heterocycles. The van der Waals surface area contributed by atoms with Gasteiger partial charge in [0.05, 0.1) is 6.21 Å².